The van der Waals surface area contributed by atoms with E-state index in [1.807, 2.05) is 0 Å². The molecule has 0 rings (SSSR count). The molecule has 0 saturated carbocycles. The van der Waals surface area contributed by atoms with Crippen LogP contribution in [-0.2, 0) is 9.36 Å². The van der Waals surface area contributed by atoms with E-state index in [0.717, 1.165) is 0 Å². The van der Waals surface area contributed by atoms with Crippen molar-refractivity contribution in [2.24, 2.45) is 5.73 Å². The number of rotatable bonds is 4. The summed E-state index contributed by atoms with van der Waals surface area (Å²) in [5.41, 5.74) is 4.95. The van der Waals surface area contributed by atoms with Gasteiger partial charge in [0.2, 0.25) is 5.91 Å². The van der Waals surface area contributed by atoms with Crippen molar-refractivity contribution in [2.75, 3.05) is 0 Å². The zero-order valence-electron chi connectivity index (χ0n) is 7.15. The lowest BCUT2D eigenvalue weighted by Gasteiger charge is -2.28. The Labute approximate surface area is 71.1 Å². The van der Waals surface area contributed by atoms with Crippen LogP contribution in [0.2, 0.25) is 0 Å². The topological polar surface area (TPSA) is 101 Å². The highest BCUT2D eigenvalue weighted by Crippen LogP contribution is 2.54. The first-order valence-electron chi connectivity index (χ1n) is 3.67. The Balaban J connectivity index is 5.12. The summed E-state index contributed by atoms with van der Waals surface area (Å²) in [6, 6.07) is 0. The molecule has 4 N–H and O–H groups in total. The molecule has 72 valence electrons. The maximum atomic E-state index is 11.0. The Morgan fingerprint density at radius 3 is 1.75 bits per heavy atom. The van der Waals surface area contributed by atoms with E-state index in [2.05, 4.69) is 0 Å². The van der Waals surface area contributed by atoms with Crippen LogP contribution >= 0.6 is 7.60 Å². The molecule has 0 bridgehead atoms. The van der Waals surface area contributed by atoms with Gasteiger partial charge in [0.15, 0.2) is 0 Å². The Morgan fingerprint density at radius 1 is 1.42 bits per heavy atom. The van der Waals surface area contributed by atoms with Crippen LogP contribution < -0.4 is 5.73 Å². The molecule has 12 heavy (non-hydrogen) atoms. The van der Waals surface area contributed by atoms with Crippen molar-refractivity contribution in [3.8, 4) is 0 Å². The molecule has 0 aliphatic rings. The number of nitrogens with two attached hydrogens (primary N) is 1. The van der Waals surface area contributed by atoms with Gasteiger partial charge < -0.3 is 15.5 Å². The normalized spacial score (nSPS) is 13.0. The van der Waals surface area contributed by atoms with Crippen molar-refractivity contribution in [1.29, 1.82) is 0 Å². The lowest BCUT2D eigenvalue weighted by molar-refractivity contribution is -0.121. The van der Waals surface area contributed by atoms with E-state index in [0.29, 0.717) is 0 Å². The summed E-state index contributed by atoms with van der Waals surface area (Å²) in [5, 5.41) is -1.67. The molecule has 0 unspecified atom stereocenters. The molecule has 1 amide bonds. The van der Waals surface area contributed by atoms with E-state index < -0.39 is 18.7 Å². The molecule has 0 aliphatic heterocycles. The summed E-state index contributed by atoms with van der Waals surface area (Å²) in [5.74, 6) is -0.930. The van der Waals surface area contributed by atoms with Gasteiger partial charge >= 0.3 is 7.60 Å². The molecule has 0 saturated heterocycles. The quantitative estimate of drug-likeness (QED) is 0.558. The summed E-state index contributed by atoms with van der Waals surface area (Å²) in [6.45, 7) is 3.07. The second-order valence-corrected chi connectivity index (χ2v) is 4.59. The molecule has 0 aliphatic carbocycles. The number of hydrogen-bond acceptors (Lipinski definition) is 2. The highest BCUT2D eigenvalue weighted by atomic mass is 31.2. The zero-order valence-corrected chi connectivity index (χ0v) is 8.04. The van der Waals surface area contributed by atoms with Gasteiger partial charge in [-0.15, -0.1) is 0 Å². The third kappa shape index (κ3) is 1.68. The summed E-state index contributed by atoms with van der Waals surface area (Å²) in [7, 11) is -4.44. The van der Waals surface area contributed by atoms with Gasteiger partial charge in [-0.1, -0.05) is 13.8 Å². The minimum absolute atomic E-state index is 0.0586. The van der Waals surface area contributed by atoms with E-state index in [9.17, 15) is 9.36 Å². The fourth-order valence-electron chi connectivity index (χ4n) is 1.15. The molecule has 0 radical (unpaired) electrons. The SMILES string of the molecule is CCC(CC)(C(N)=O)P(=O)(O)O. The van der Waals surface area contributed by atoms with Crippen LogP contribution in [-0.4, -0.2) is 20.9 Å². The van der Waals surface area contributed by atoms with Gasteiger partial charge in [0.1, 0.15) is 5.16 Å². The fraction of sp³-hybridized carbons (Fsp3) is 0.833. The molecule has 0 aromatic heterocycles. The zero-order chi connectivity index (χ0) is 9.99. The van der Waals surface area contributed by atoms with Gasteiger partial charge in [-0.2, -0.15) is 0 Å². The summed E-state index contributed by atoms with van der Waals surface area (Å²) < 4.78 is 11.0. The average Bonchev–Trinajstić information content (AvgIpc) is 1.87. The molecular weight excluding hydrogens is 181 g/mol. The second kappa shape index (κ2) is 3.56. The number of carbonyl (C=O) groups excluding carboxylic acids is 1. The molecule has 5 nitrogen and oxygen atoms in total. The van der Waals surface area contributed by atoms with Crippen LogP contribution in [0.3, 0.4) is 0 Å². The molecule has 0 fully saturated rings. The van der Waals surface area contributed by atoms with Gasteiger partial charge in [0.25, 0.3) is 0 Å². The molecule has 0 spiro atoms. The number of amides is 1. The van der Waals surface area contributed by atoms with E-state index in [1.54, 1.807) is 0 Å². The van der Waals surface area contributed by atoms with Gasteiger partial charge in [-0.05, 0) is 12.8 Å². The standard InChI is InChI=1S/C6H14NO4P/c1-3-6(4-2,5(7)8)12(9,10)11/h3-4H2,1-2H3,(H2,7,8)(H2,9,10,11). The largest absolute Gasteiger partial charge is 0.369 e. The van der Waals surface area contributed by atoms with Crippen LogP contribution in [0.5, 0.6) is 0 Å². The van der Waals surface area contributed by atoms with Crippen molar-refractivity contribution in [3.63, 3.8) is 0 Å². The number of hydrogen-bond donors (Lipinski definition) is 3. The van der Waals surface area contributed by atoms with Gasteiger partial charge in [-0.25, -0.2) is 0 Å². The minimum Gasteiger partial charge on any atom is -0.369 e. The van der Waals surface area contributed by atoms with Crippen molar-refractivity contribution >= 4 is 13.5 Å². The Kier molecular flexibility index (Phi) is 3.45. The molecule has 0 aromatic carbocycles. The monoisotopic (exact) mass is 195 g/mol. The first-order chi connectivity index (χ1) is 5.31. The molecular formula is C6H14NO4P. The van der Waals surface area contributed by atoms with Crippen molar-refractivity contribution in [3.05, 3.63) is 0 Å². The predicted molar refractivity (Wildman–Crippen MR) is 44.6 cm³/mol. The Morgan fingerprint density at radius 2 is 1.75 bits per heavy atom. The lowest BCUT2D eigenvalue weighted by Crippen LogP contribution is -2.42. The van der Waals surface area contributed by atoms with E-state index in [4.69, 9.17) is 15.5 Å². The molecule has 0 aromatic rings. The first kappa shape index (κ1) is 11.6. The predicted octanol–water partition coefficient (Wildman–Crippen LogP) is 0.208. The summed E-state index contributed by atoms with van der Waals surface area (Å²) in [6.07, 6.45) is 0.117. The second-order valence-electron chi connectivity index (χ2n) is 2.65. The highest BCUT2D eigenvalue weighted by molar-refractivity contribution is 7.54. The van der Waals surface area contributed by atoms with Gasteiger partial charge in [-0.3, -0.25) is 9.36 Å². The van der Waals surface area contributed by atoms with Crippen LogP contribution in [0.4, 0.5) is 0 Å². The van der Waals surface area contributed by atoms with E-state index >= 15 is 0 Å². The van der Waals surface area contributed by atoms with E-state index in [1.165, 1.54) is 13.8 Å². The van der Waals surface area contributed by atoms with Gasteiger partial charge in [0, 0.05) is 0 Å². The average molecular weight is 195 g/mol. The highest BCUT2D eigenvalue weighted by Gasteiger charge is 2.49. The Hall–Kier alpha value is -0.380. The van der Waals surface area contributed by atoms with Crippen LogP contribution in [0.1, 0.15) is 26.7 Å². The smallest absolute Gasteiger partial charge is 0.340 e. The summed E-state index contributed by atoms with van der Waals surface area (Å²) in [4.78, 5) is 28.7. The van der Waals surface area contributed by atoms with Gasteiger partial charge in [0.05, 0.1) is 0 Å². The van der Waals surface area contributed by atoms with Crippen LogP contribution in [0, 0.1) is 0 Å². The fourth-order valence-corrected chi connectivity index (χ4v) is 2.26. The maximum absolute atomic E-state index is 11.0. The molecule has 0 atom stereocenters. The summed E-state index contributed by atoms with van der Waals surface area (Å²) >= 11 is 0. The van der Waals surface area contributed by atoms with Crippen molar-refractivity contribution < 1.29 is 19.1 Å². The van der Waals surface area contributed by atoms with Crippen LogP contribution in [0.25, 0.3) is 0 Å². The Bertz CT molecular complexity index is 218. The van der Waals surface area contributed by atoms with Crippen LogP contribution in [0.15, 0.2) is 0 Å². The molecule has 0 heterocycles. The first-order valence-corrected chi connectivity index (χ1v) is 5.28. The molecule has 6 heteroatoms. The number of primary amides is 1. The van der Waals surface area contributed by atoms with Crippen molar-refractivity contribution in [2.45, 2.75) is 31.8 Å². The van der Waals surface area contributed by atoms with E-state index in [-0.39, 0.29) is 12.8 Å². The lowest BCUT2D eigenvalue weighted by atomic mass is 10.0. The minimum atomic E-state index is -4.44. The number of carbonyl (C=O) groups is 1. The van der Waals surface area contributed by atoms with Crippen molar-refractivity contribution in [1.82, 2.24) is 0 Å². The third-order valence-electron chi connectivity index (χ3n) is 2.19. The third-order valence-corrected chi connectivity index (χ3v) is 4.15. The maximum Gasteiger partial charge on any atom is 0.340 e.